The van der Waals surface area contributed by atoms with Gasteiger partial charge in [0.1, 0.15) is 16.6 Å². The Morgan fingerprint density at radius 2 is 1.90 bits per heavy atom. The molecule has 2 rings (SSSR count). The van der Waals surface area contributed by atoms with Crippen LogP contribution in [0.2, 0.25) is 0 Å². The Morgan fingerprint density at radius 3 is 2.43 bits per heavy atom. The number of hydrogen-bond acceptors (Lipinski definition) is 3. The molecule has 0 bridgehead atoms. The summed E-state index contributed by atoms with van der Waals surface area (Å²) in [5, 5.41) is 7.60. The van der Waals surface area contributed by atoms with Gasteiger partial charge in [-0.3, -0.25) is 4.68 Å². The second-order valence-electron chi connectivity index (χ2n) is 5.19. The minimum Gasteiger partial charge on any atom is -0.389 e. The summed E-state index contributed by atoms with van der Waals surface area (Å²) < 4.78 is 15.4. The number of nitrogens with one attached hydrogen (secondary N) is 1. The Morgan fingerprint density at radius 1 is 1.33 bits per heavy atom. The smallest absolute Gasteiger partial charge is 0.134 e. The Balaban J connectivity index is 2.27. The molecule has 2 aromatic rings. The fraction of sp³-hybridized carbons (Fsp3) is 0.333. The zero-order chi connectivity index (χ0) is 15.7. The van der Waals surface area contributed by atoms with Crippen LogP contribution < -0.4 is 11.1 Å². The van der Waals surface area contributed by atoms with E-state index in [1.165, 1.54) is 0 Å². The van der Waals surface area contributed by atoms with E-state index in [1.54, 1.807) is 18.5 Å². The van der Waals surface area contributed by atoms with Crippen molar-refractivity contribution in [3.05, 3.63) is 45.9 Å². The van der Waals surface area contributed by atoms with Crippen molar-refractivity contribution in [2.75, 3.05) is 5.32 Å². The summed E-state index contributed by atoms with van der Waals surface area (Å²) in [7, 11) is 1.83. The minimum absolute atomic E-state index is 0.154. The van der Waals surface area contributed by atoms with Gasteiger partial charge in [0.05, 0.1) is 11.3 Å². The van der Waals surface area contributed by atoms with Crippen molar-refractivity contribution in [2.45, 2.75) is 27.3 Å². The largest absolute Gasteiger partial charge is 0.389 e. The van der Waals surface area contributed by atoms with Gasteiger partial charge in [0.15, 0.2) is 0 Å². The third-order valence-corrected chi connectivity index (χ3v) is 3.63. The molecule has 0 saturated heterocycles. The molecule has 1 heterocycles. The number of aromatic nitrogens is 2. The highest BCUT2D eigenvalue weighted by Crippen LogP contribution is 2.20. The van der Waals surface area contributed by atoms with Crippen molar-refractivity contribution in [1.29, 1.82) is 0 Å². The van der Waals surface area contributed by atoms with E-state index in [9.17, 15) is 4.39 Å². The lowest BCUT2D eigenvalue weighted by Gasteiger charge is -2.11. The Kier molecular flexibility index (Phi) is 4.27. The highest BCUT2D eigenvalue weighted by molar-refractivity contribution is 7.80. The molecule has 1 aromatic carbocycles. The number of halogens is 1. The van der Waals surface area contributed by atoms with E-state index in [2.05, 4.69) is 10.4 Å². The fourth-order valence-electron chi connectivity index (χ4n) is 2.48. The molecule has 0 saturated carbocycles. The van der Waals surface area contributed by atoms with Gasteiger partial charge in [-0.1, -0.05) is 24.4 Å². The second-order valence-corrected chi connectivity index (χ2v) is 5.63. The van der Waals surface area contributed by atoms with E-state index < -0.39 is 0 Å². The molecule has 0 aliphatic heterocycles. The van der Waals surface area contributed by atoms with Crippen molar-refractivity contribution in [3.63, 3.8) is 0 Å². The number of nitrogens with zero attached hydrogens (tertiary/aromatic N) is 2. The maximum absolute atomic E-state index is 13.6. The zero-order valence-corrected chi connectivity index (χ0v) is 13.4. The first-order valence-corrected chi connectivity index (χ1v) is 7.05. The van der Waals surface area contributed by atoms with Crippen LogP contribution in [0, 0.1) is 26.6 Å². The zero-order valence-electron chi connectivity index (χ0n) is 12.6. The maximum atomic E-state index is 13.6. The van der Waals surface area contributed by atoms with Crippen LogP contribution in [-0.4, -0.2) is 14.8 Å². The average Bonchev–Trinajstić information content (AvgIpc) is 2.67. The first-order chi connectivity index (χ1) is 9.81. The van der Waals surface area contributed by atoms with E-state index in [0.29, 0.717) is 22.7 Å². The van der Waals surface area contributed by atoms with Crippen molar-refractivity contribution >= 4 is 23.0 Å². The van der Waals surface area contributed by atoms with Crippen molar-refractivity contribution in [1.82, 2.24) is 9.78 Å². The highest BCUT2D eigenvalue weighted by Gasteiger charge is 2.15. The van der Waals surface area contributed by atoms with Crippen LogP contribution in [0.5, 0.6) is 0 Å². The van der Waals surface area contributed by atoms with Gasteiger partial charge in [-0.05, 0) is 37.5 Å². The normalized spacial score (nSPS) is 10.7. The molecule has 1 aromatic heterocycles. The summed E-state index contributed by atoms with van der Waals surface area (Å²) in [6.07, 6.45) is 0. The van der Waals surface area contributed by atoms with Crippen LogP contribution in [-0.2, 0) is 13.6 Å². The lowest BCUT2D eigenvalue weighted by molar-refractivity contribution is 0.608. The topological polar surface area (TPSA) is 55.9 Å². The van der Waals surface area contributed by atoms with Crippen LogP contribution in [0.1, 0.15) is 27.9 Å². The van der Waals surface area contributed by atoms with Crippen LogP contribution in [0.15, 0.2) is 12.1 Å². The van der Waals surface area contributed by atoms with Gasteiger partial charge in [-0.2, -0.15) is 5.10 Å². The third kappa shape index (κ3) is 3.05. The second kappa shape index (κ2) is 5.81. The molecule has 0 amide bonds. The summed E-state index contributed by atoms with van der Waals surface area (Å²) in [4.78, 5) is 0.314. The molecule has 0 spiro atoms. The Bertz CT molecular complexity index is 683. The molecule has 4 nitrogen and oxygen atoms in total. The molecular formula is C15H19FN4S. The van der Waals surface area contributed by atoms with Gasteiger partial charge in [0, 0.05) is 13.6 Å². The quantitative estimate of drug-likeness (QED) is 0.853. The van der Waals surface area contributed by atoms with Crippen molar-refractivity contribution in [3.8, 4) is 0 Å². The van der Waals surface area contributed by atoms with E-state index in [-0.39, 0.29) is 5.82 Å². The summed E-state index contributed by atoms with van der Waals surface area (Å²) in [5.74, 6) is 0.624. The average molecular weight is 306 g/mol. The molecule has 6 heteroatoms. The van der Waals surface area contributed by atoms with E-state index >= 15 is 0 Å². The predicted octanol–water partition coefficient (Wildman–Crippen LogP) is 2.73. The molecule has 0 aliphatic rings. The molecule has 0 unspecified atom stereocenters. The Labute approximate surface area is 129 Å². The monoisotopic (exact) mass is 306 g/mol. The minimum atomic E-state index is -0.154. The fourth-order valence-corrected chi connectivity index (χ4v) is 2.72. The van der Waals surface area contributed by atoms with Gasteiger partial charge >= 0.3 is 0 Å². The van der Waals surface area contributed by atoms with Gasteiger partial charge in [-0.25, -0.2) is 4.39 Å². The van der Waals surface area contributed by atoms with Crippen LogP contribution >= 0.6 is 12.2 Å². The van der Waals surface area contributed by atoms with Gasteiger partial charge < -0.3 is 11.1 Å². The molecule has 21 heavy (non-hydrogen) atoms. The van der Waals surface area contributed by atoms with E-state index in [4.69, 9.17) is 18.0 Å². The first-order valence-electron chi connectivity index (χ1n) is 6.64. The lowest BCUT2D eigenvalue weighted by atomic mass is 10.1. The Hall–Kier alpha value is -1.95. The maximum Gasteiger partial charge on any atom is 0.134 e. The molecule has 0 aliphatic carbocycles. The number of anilines is 1. The predicted molar refractivity (Wildman–Crippen MR) is 87.0 cm³/mol. The molecule has 0 fully saturated rings. The van der Waals surface area contributed by atoms with E-state index in [0.717, 1.165) is 22.6 Å². The standard InChI is InChI=1S/C15H19FN4S/c1-8-5-11(6-9(2)13(8)16)7-18-15-12(14(17)21)10(3)19-20(15)4/h5-6,18H,7H2,1-4H3,(H2,17,21). The summed E-state index contributed by atoms with van der Waals surface area (Å²) in [6.45, 7) is 5.95. The molecule has 0 atom stereocenters. The molecule has 3 N–H and O–H groups in total. The summed E-state index contributed by atoms with van der Waals surface area (Å²) in [6, 6.07) is 3.66. The van der Waals surface area contributed by atoms with Gasteiger partial charge in [0.25, 0.3) is 0 Å². The summed E-state index contributed by atoms with van der Waals surface area (Å²) >= 11 is 5.07. The van der Waals surface area contributed by atoms with E-state index in [1.807, 2.05) is 26.1 Å². The number of hydrogen-bond donors (Lipinski definition) is 2. The number of rotatable bonds is 4. The SMILES string of the molecule is Cc1cc(CNc2c(C(N)=S)c(C)nn2C)cc(C)c1F. The molecule has 0 radical (unpaired) electrons. The molecular weight excluding hydrogens is 287 g/mol. The third-order valence-electron chi connectivity index (χ3n) is 3.42. The van der Waals surface area contributed by atoms with Gasteiger partial charge in [0.2, 0.25) is 0 Å². The highest BCUT2D eigenvalue weighted by atomic mass is 32.1. The van der Waals surface area contributed by atoms with Crippen molar-refractivity contribution in [2.24, 2.45) is 12.8 Å². The van der Waals surface area contributed by atoms with Crippen LogP contribution in [0.3, 0.4) is 0 Å². The first kappa shape index (κ1) is 15.4. The number of benzene rings is 1. The summed E-state index contributed by atoms with van der Waals surface area (Å²) in [5.41, 5.74) is 9.58. The molecule has 112 valence electrons. The number of aryl methyl sites for hydroxylation is 4. The number of thiocarbonyl (C=S) groups is 1. The van der Waals surface area contributed by atoms with Crippen LogP contribution in [0.4, 0.5) is 10.2 Å². The van der Waals surface area contributed by atoms with Crippen LogP contribution in [0.25, 0.3) is 0 Å². The van der Waals surface area contributed by atoms with Crippen molar-refractivity contribution < 1.29 is 4.39 Å². The van der Waals surface area contributed by atoms with Gasteiger partial charge in [-0.15, -0.1) is 0 Å². The lowest BCUT2D eigenvalue weighted by Crippen LogP contribution is -2.14. The number of nitrogens with two attached hydrogens (primary N) is 1.